The van der Waals surface area contributed by atoms with Crippen molar-refractivity contribution >= 4 is 22.9 Å². The van der Waals surface area contributed by atoms with Crippen molar-refractivity contribution in [2.45, 2.75) is 50.8 Å². The molecule has 0 N–H and O–H groups in total. The summed E-state index contributed by atoms with van der Waals surface area (Å²) in [6.45, 7) is 2.01. The molecule has 102 valence electrons. The standard InChI is InChI=1S/C14H17ClN2OS/c1-2-10(15)13-16-14(18-17-13)12-8-9-6-4-3-5-7-11(9)19-12/h8,10H,2-7H2,1H3. The lowest BCUT2D eigenvalue weighted by Crippen LogP contribution is -1.90. The normalized spacial score (nSPS) is 16.9. The zero-order valence-corrected chi connectivity index (χ0v) is 12.6. The predicted molar refractivity (Wildman–Crippen MR) is 77.8 cm³/mol. The van der Waals surface area contributed by atoms with Gasteiger partial charge in [-0.05, 0) is 43.7 Å². The number of aromatic nitrogens is 2. The van der Waals surface area contributed by atoms with Crippen LogP contribution in [0.1, 0.15) is 54.2 Å². The summed E-state index contributed by atoms with van der Waals surface area (Å²) in [7, 11) is 0. The summed E-state index contributed by atoms with van der Waals surface area (Å²) in [4.78, 5) is 7.00. The molecule has 0 bridgehead atoms. The fourth-order valence-electron chi connectivity index (χ4n) is 2.42. The van der Waals surface area contributed by atoms with Gasteiger partial charge in [0.2, 0.25) is 0 Å². The molecule has 0 saturated carbocycles. The second kappa shape index (κ2) is 5.63. The Kier molecular flexibility index (Phi) is 3.89. The molecule has 0 aliphatic heterocycles. The molecule has 1 aliphatic rings. The third-order valence-corrected chi connectivity index (χ3v) is 5.27. The number of rotatable bonds is 3. The van der Waals surface area contributed by atoms with Crippen LogP contribution < -0.4 is 0 Å². The maximum Gasteiger partial charge on any atom is 0.268 e. The second-order valence-corrected chi connectivity index (χ2v) is 6.62. The Morgan fingerprint density at radius 3 is 3.05 bits per heavy atom. The van der Waals surface area contributed by atoms with Crippen molar-refractivity contribution in [1.29, 1.82) is 0 Å². The smallest absolute Gasteiger partial charge is 0.268 e. The Labute approximate surface area is 122 Å². The van der Waals surface area contributed by atoms with Gasteiger partial charge in [-0.25, -0.2) is 0 Å². The Bertz CT molecular complexity index is 540. The predicted octanol–water partition coefficient (Wildman–Crippen LogP) is 4.76. The lowest BCUT2D eigenvalue weighted by molar-refractivity contribution is 0.422. The molecule has 5 heteroatoms. The number of alkyl halides is 1. The molecule has 1 unspecified atom stereocenters. The van der Waals surface area contributed by atoms with E-state index in [1.54, 1.807) is 11.3 Å². The monoisotopic (exact) mass is 296 g/mol. The summed E-state index contributed by atoms with van der Waals surface area (Å²) < 4.78 is 5.35. The quantitative estimate of drug-likeness (QED) is 0.605. The van der Waals surface area contributed by atoms with E-state index in [2.05, 4.69) is 16.2 Å². The van der Waals surface area contributed by atoms with E-state index in [-0.39, 0.29) is 5.38 Å². The maximum absolute atomic E-state index is 6.13. The first-order chi connectivity index (χ1) is 9.28. The largest absolute Gasteiger partial charge is 0.333 e. The number of hydrogen-bond donors (Lipinski definition) is 0. The van der Waals surface area contributed by atoms with Crippen LogP contribution in [0.3, 0.4) is 0 Å². The Hall–Kier alpha value is -0.870. The highest BCUT2D eigenvalue weighted by molar-refractivity contribution is 7.15. The molecule has 0 fully saturated rings. The lowest BCUT2D eigenvalue weighted by atomic mass is 10.1. The average molecular weight is 297 g/mol. The molecule has 0 radical (unpaired) electrons. The third kappa shape index (κ3) is 2.70. The number of thiophene rings is 1. The SMILES string of the molecule is CCC(Cl)c1noc(-c2cc3c(s2)CCCCC3)n1. The highest BCUT2D eigenvalue weighted by atomic mass is 35.5. The van der Waals surface area contributed by atoms with E-state index < -0.39 is 0 Å². The van der Waals surface area contributed by atoms with Gasteiger partial charge in [-0.3, -0.25) is 0 Å². The lowest BCUT2D eigenvalue weighted by Gasteiger charge is -1.95. The van der Waals surface area contributed by atoms with E-state index >= 15 is 0 Å². The number of hydrogen-bond acceptors (Lipinski definition) is 4. The molecule has 19 heavy (non-hydrogen) atoms. The van der Waals surface area contributed by atoms with Crippen LogP contribution in [0.4, 0.5) is 0 Å². The summed E-state index contributed by atoms with van der Waals surface area (Å²) in [6, 6.07) is 2.22. The van der Waals surface area contributed by atoms with Gasteiger partial charge in [0.15, 0.2) is 5.82 Å². The minimum absolute atomic E-state index is 0.157. The molecular weight excluding hydrogens is 280 g/mol. The molecule has 3 nitrogen and oxygen atoms in total. The number of aryl methyl sites for hydroxylation is 2. The average Bonchev–Trinajstić information content (AvgIpc) is 3.01. The summed E-state index contributed by atoms with van der Waals surface area (Å²) in [5.41, 5.74) is 1.47. The minimum Gasteiger partial charge on any atom is -0.333 e. The maximum atomic E-state index is 6.13. The van der Waals surface area contributed by atoms with Gasteiger partial charge in [0.1, 0.15) is 0 Å². The molecular formula is C14H17ClN2OS. The van der Waals surface area contributed by atoms with Gasteiger partial charge >= 0.3 is 0 Å². The molecule has 0 spiro atoms. The molecule has 2 heterocycles. The van der Waals surface area contributed by atoms with Crippen molar-refractivity contribution in [1.82, 2.24) is 10.1 Å². The Morgan fingerprint density at radius 1 is 1.37 bits per heavy atom. The number of halogens is 1. The molecule has 0 saturated heterocycles. The van der Waals surface area contributed by atoms with Crippen molar-refractivity contribution in [3.8, 4) is 10.8 Å². The van der Waals surface area contributed by atoms with Crippen LogP contribution in [-0.2, 0) is 12.8 Å². The molecule has 2 aromatic rings. The van der Waals surface area contributed by atoms with Crippen molar-refractivity contribution < 1.29 is 4.52 Å². The summed E-state index contributed by atoms with van der Waals surface area (Å²) in [5.74, 6) is 1.22. The molecule has 1 aliphatic carbocycles. The van der Waals surface area contributed by atoms with Crippen LogP contribution in [-0.4, -0.2) is 10.1 Å². The first-order valence-corrected chi connectivity index (χ1v) is 8.13. The summed E-state index contributed by atoms with van der Waals surface area (Å²) in [5, 5.41) is 3.82. The van der Waals surface area contributed by atoms with E-state index in [0.29, 0.717) is 11.7 Å². The van der Waals surface area contributed by atoms with Crippen molar-refractivity contribution in [2.75, 3.05) is 0 Å². The number of fused-ring (bicyclic) bond motifs is 1. The van der Waals surface area contributed by atoms with Crippen LogP contribution >= 0.6 is 22.9 Å². The van der Waals surface area contributed by atoms with E-state index in [1.165, 1.54) is 42.5 Å². The Balaban J connectivity index is 1.88. The van der Waals surface area contributed by atoms with Crippen LogP contribution in [0.15, 0.2) is 10.6 Å². The summed E-state index contributed by atoms with van der Waals surface area (Å²) >= 11 is 7.93. The minimum atomic E-state index is -0.157. The van der Waals surface area contributed by atoms with E-state index in [9.17, 15) is 0 Å². The van der Waals surface area contributed by atoms with Gasteiger partial charge in [0.25, 0.3) is 5.89 Å². The van der Waals surface area contributed by atoms with Crippen LogP contribution in [0.5, 0.6) is 0 Å². The van der Waals surface area contributed by atoms with Gasteiger partial charge < -0.3 is 4.52 Å². The molecule has 0 aromatic carbocycles. The van der Waals surface area contributed by atoms with Gasteiger partial charge in [0.05, 0.1) is 10.3 Å². The van der Waals surface area contributed by atoms with Gasteiger partial charge in [-0.15, -0.1) is 22.9 Å². The van der Waals surface area contributed by atoms with Gasteiger partial charge in [-0.1, -0.05) is 18.5 Å². The molecule has 3 rings (SSSR count). The fraction of sp³-hybridized carbons (Fsp3) is 0.571. The van der Waals surface area contributed by atoms with E-state index in [0.717, 1.165) is 11.3 Å². The zero-order chi connectivity index (χ0) is 13.2. The Morgan fingerprint density at radius 2 is 2.21 bits per heavy atom. The topological polar surface area (TPSA) is 38.9 Å². The fourth-order valence-corrected chi connectivity index (χ4v) is 3.68. The molecule has 2 aromatic heterocycles. The van der Waals surface area contributed by atoms with Gasteiger partial charge in [-0.2, -0.15) is 4.98 Å². The first-order valence-electron chi connectivity index (χ1n) is 6.87. The highest BCUT2D eigenvalue weighted by Crippen LogP contribution is 2.35. The zero-order valence-electron chi connectivity index (χ0n) is 11.0. The molecule has 0 amide bonds. The number of nitrogens with zero attached hydrogens (tertiary/aromatic N) is 2. The van der Waals surface area contributed by atoms with Crippen LogP contribution in [0.25, 0.3) is 10.8 Å². The molecule has 1 atom stereocenters. The van der Waals surface area contributed by atoms with Crippen molar-refractivity contribution in [3.05, 3.63) is 22.3 Å². The van der Waals surface area contributed by atoms with E-state index in [1.807, 2.05) is 6.92 Å². The second-order valence-electron chi connectivity index (χ2n) is 4.95. The third-order valence-electron chi connectivity index (χ3n) is 3.54. The van der Waals surface area contributed by atoms with Gasteiger partial charge in [0, 0.05) is 4.88 Å². The van der Waals surface area contributed by atoms with Crippen LogP contribution in [0.2, 0.25) is 0 Å². The van der Waals surface area contributed by atoms with Crippen molar-refractivity contribution in [2.24, 2.45) is 0 Å². The van der Waals surface area contributed by atoms with E-state index in [4.69, 9.17) is 16.1 Å². The summed E-state index contributed by atoms with van der Waals surface area (Å²) in [6.07, 6.45) is 7.10. The highest BCUT2D eigenvalue weighted by Gasteiger charge is 2.19. The van der Waals surface area contributed by atoms with Crippen LogP contribution in [0, 0.1) is 0 Å². The van der Waals surface area contributed by atoms with Crippen molar-refractivity contribution in [3.63, 3.8) is 0 Å². The first kappa shape index (κ1) is 13.1.